The van der Waals surface area contributed by atoms with Gasteiger partial charge in [0.25, 0.3) is 5.89 Å². The van der Waals surface area contributed by atoms with Crippen LogP contribution < -0.4 is 15.2 Å². The molecule has 23 heavy (non-hydrogen) atoms. The zero-order chi connectivity index (χ0) is 16.4. The predicted octanol–water partition coefficient (Wildman–Crippen LogP) is 3.12. The minimum atomic E-state index is -0.424. The first-order valence-corrected chi connectivity index (χ1v) is 7.96. The molecule has 1 fully saturated rings. The van der Waals surface area contributed by atoms with Gasteiger partial charge in [-0.15, -0.1) is 0 Å². The number of nitrogens with zero attached hydrogens (tertiary/aromatic N) is 2. The summed E-state index contributed by atoms with van der Waals surface area (Å²) in [5, 5.41) is 4.04. The van der Waals surface area contributed by atoms with Gasteiger partial charge in [-0.2, -0.15) is 4.98 Å². The topological polar surface area (TPSA) is 83.4 Å². The molecule has 6 heteroatoms. The second kappa shape index (κ2) is 6.20. The Labute approximate surface area is 136 Å². The first kappa shape index (κ1) is 15.8. The highest BCUT2D eigenvalue weighted by molar-refractivity contribution is 5.59. The smallest absolute Gasteiger partial charge is 0.258 e. The van der Waals surface area contributed by atoms with Crippen LogP contribution in [-0.4, -0.2) is 23.9 Å². The largest absolute Gasteiger partial charge is 0.493 e. The van der Waals surface area contributed by atoms with Gasteiger partial charge in [-0.25, -0.2) is 0 Å². The van der Waals surface area contributed by atoms with Gasteiger partial charge in [-0.1, -0.05) is 19.0 Å². The summed E-state index contributed by atoms with van der Waals surface area (Å²) in [6.45, 7) is 4.84. The molecule has 0 spiro atoms. The van der Waals surface area contributed by atoms with Crippen molar-refractivity contribution in [2.24, 2.45) is 11.7 Å². The molecule has 1 saturated carbocycles. The van der Waals surface area contributed by atoms with Crippen molar-refractivity contribution in [1.29, 1.82) is 0 Å². The van der Waals surface area contributed by atoms with Gasteiger partial charge in [0.1, 0.15) is 0 Å². The highest BCUT2D eigenvalue weighted by Crippen LogP contribution is 2.38. The molecule has 1 aromatic carbocycles. The number of rotatable bonds is 6. The van der Waals surface area contributed by atoms with Crippen LogP contribution in [0, 0.1) is 5.92 Å². The van der Waals surface area contributed by atoms with Crippen LogP contribution in [-0.2, 0) is 5.54 Å². The van der Waals surface area contributed by atoms with Gasteiger partial charge >= 0.3 is 0 Å². The number of hydrogen-bond acceptors (Lipinski definition) is 6. The van der Waals surface area contributed by atoms with Crippen LogP contribution in [0.5, 0.6) is 11.5 Å². The maximum absolute atomic E-state index is 6.23. The van der Waals surface area contributed by atoms with E-state index in [0.717, 1.165) is 24.8 Å². The molecule has 1 aliphatic carbocycles. The molecule has 124 valence electrons. The third-order valence-corrected chi connectivity index (χ3v) is 4.10. The van der Waals surface area contributed by atoms with E-state index in [2.05, 4.69) is 24.0 Å². The Kier molecular flexibility index (Phi) is 4.26. The molecular weight excluding hydrogens is 294 g/mol. The molecular formula is C17H23N3O3. The van der Waals surface area contributed by atoms with Crippen molar-refractivity contribution >= 4 is 0 Å². The molecule has 0 saturated heterocycles. The fourth-order valence-corrected chi connectivity index (χ4v) is 2.50. The molecule has 0 aliphatic heterocycles. The average molecular weight is 317 g/mol. The fraction of sp³-hybridized carbons (Fsp3) is 0.529. The summed E-state index contributed by atoms with van der Waals surface area (Å²) in [4.78, 5) is 4.45. The Hall–Kier alpha value is -2.08. The third-order valence-electron chi connectivity index (χ3n) is 4.10. The van der Waals surface area contributed by atoms with Gasteiger partial charge in [0.2, 0.25) is 0 Å². The highest BCUT2D eigenvalue weighted by atomic mass is 16.5. The lowest BCUT2D eigenvalue weighted by Crippen LogP contribution is -2.44. The SMILES string of the molecule is COc1cc(-c2nc(C3(N)CCC3)no2)ccc1OCC(C)C. The molecule has 2 N–H and O–H groups in total. The average Bonchev–Trinajstić information content (AvgIpc) is 3.00. The molecule has 0 unspecified atom stereocenters. The number of methoxy groups -OCH3 is 1. The third kappa shape index (κ3) is 3.17. The van der Waals surface area contributed by atoms with E-state index in [1.807, 2.05) is 18.2 Å². The van der Waals surface area contributed by atoms with Gasteiger partial charge in [0.15, 0.2) is 17.3 Å². The van der Waals surface area contributed by atoms with Crippen molar-refractivity contribution in [1.82, 2.24) is 10.1 Å². The number of aromatic nitrogens is 2. The maximum Gasteiger partial charge on any atom is 0.258 e. The molecule has 0 amide bonds. The van der Waals surface area contributed by atoms with E-state index in [9.17, 15) is 0 Å². The monoisotopic (exact) mass is 317 g/mol. The minimum Gasteiger partial charge on any atom is -0.493 e. The van der Waals surface area contributed by atoms with Crippen LogP contribution in [0.1, 0.15) is 38.9 Å². The van der Waals surface area contributed by atoms with Gasteiger partial charge in [-0.3, -0.25) is 0 Å². The fourth-order valence-electron chi connectivity index (χ4n) is 2.50. The van der Waals surface area contributed by atoms with Gasteiger partial charge in [0.05, 0.1) is 19.3 Å². The summed E-state index contributed by atoms with van der Waals surface area (Å²) in [5.41, 5.74) is 6.60. The molecule has 3 rings (SSSR count). The van der Waals surface area contributed by atoms with Crippen molar-refractivity contribution in [3.63, 3.8) is 0 Å². The summed E-state index contributed by atoms with van der Waals surface area (Å²) in [6.07, 6.45) is 2.91. The Morgan fingerprint density at radius 1 is 1.30 bits per heavy atom. The van der Waals surface area contributed by atoms with Crippen molar-refractivity contribution < 1.29 is 14.0 Å². The lowest BCUT2D eigenvalue weighted by Gasteiger charge is -2.34. The van der Waals surface area contributed by atoms with Gasteiger partial charge in [0, 0.05) is 5.56 Å². The van der Waals surface area contributed by atoms with E-state index in [1.165, 1.54) is 0 Å². The number of nitrogens with two attached hydrogens (primary N) is 1. The normalized spacial score (nSPS) is 16.2. The Morgan fingerprint density at radius 2 is 2.09 bits per heavy atom. The van der Waals surface area contributed by atoms with Crippen molar-refractivity contribution in [3.05, 3.63) is 24.0 Å². The predicted molar refractivity (Wildman–Crippen MR) is 86.3 cm³/mol. The van der Waals surface area contributed by atoms with Crippen LogP contribution in [0.4, 0.5) is 0 Å². The quantitative estimate of drug-likeness (QED) is 0.881. The molecule has 1 heterocycles. The van der Waals surface area contributed by atoms with Crippen LogP contribution in [0.25, 0.3) is 11.5 Å². The van der Waals surface area contributed by atoms with E-state index >= 15 is 0 Å². The number of ether oxygens (including phenoxy) is 2. The highest BCUT2D eigenvalue weighted by Gasteiger charge is 2.39. The first-order valence-electron chi connectivity index (χ1n) is 7.96. The molecule has 1 aliphatic rings. The summed E-state index contributed by atoms with van der Waals surface area (Å²) < 4.78 is 16.5. The molecule has 1 aromatic heterocycles. The van der Waals surface area contributed by atoms with Crippen LogP contribution in [0.2, 0.25) is 0 Å². The maximum atomic E-state index is 6.23. The summed E-state index contributed by atoms with van der Waals surface area (Å²) in [6, 6.07) is 5.60. The lowest BCUT2D eigenvalue weighted by atomic mass is 9.77. The molecule has 0 bridgehead atoms. The number of benzene rings is 1. The Morgan fingerprint density at radius 3 is 2.70 bits per heavy atom. The number of hydrogen-bond donors (Lipinski definition) is 1. The summed E-state index contributed by atoms with van der Waals surface area (Å²) >= 11 is 0. The Bertz CT molecular complexity index is 677. The standard InChI is InChI=1S/C17H23N3O3/c1-11(2)10-22-13-6-5-12(9-14(13)21-3)15-19-16(20-23-15)17(18)7-4-8-17/h5-6,9,11H,4,7-8,10,18H2,1-3H3. The zero-order valence-electron chi connectivity index (χ0n) is 13.8. The summed E-state index contributed by atoms with van der Waals surface area (Å²) in [7, 11) is 1.61. The second-order valence-electron chi connectivity index (χ2n) is 6.50. The van der Waals surface area contributed by atoms with Crippen molar-refractivity contribution in [2.75, 3.05) is 13.7 Å². The van der Waals surface area contributed by atoms with E-state index in [4.69, 9.17) is 19.7 Å². The van der Waals surface area contributed by atoms with Crippen LogP contribution in [0.15, 0.2) is 22.7 Å². The van der Waals surface area contributed by atoms with Crippen molar-refractivity contribution in [3.8, 4) is 23.0 Å². The van der Waals surface area contributed by atoms with Crippen LogP contribution in [0.3, 0.4) is 0 Å². The van der Waals surface area contributed by atoms with E-state index in [1.54, 1.807) is 7.11 Å². The molecule has 0 atom stereocenters. The van der Waals surface area contributed by atoms with Crippen LogP contribution >= 0.6 is 0 Å². The lowest BCUT2D eigenvalue weighted by molar-refractivity contribution is 0.229. The molecule has 6 nitrogen and oxygen atoms in total. The van der Waals surface area contributed by atoms with E-state index in [-0.39, 0.29) is 0 Å². The zero-order valence-corrected chi connectivity index (χ0v) is 13.8. The molecule has 0 radical (unpaired) electrons. The van der Waals surface area contributed by atoms with Gasteiger partial charge in [-0.05, 0) is 43.4 Å². The first-order chi connectivity index (χ1) is 11.0. The van der Waals surface area contributed by atoms with Crippen molar-refractivity contribution in [2.45, 2.75) is 38.6 Å². The Balaban J connectivity index is 1.83. The van der Waals surface area contributed by atoms with E-state index < -0.39 is 5.54 Å². The second-order valence-corrected chi connectivity index (χ2v) is 6.50. The van der Waals surface area contributed by atoms with E-state index in [0.29, 0.717) is 35.7 Å². The van der Waals surface area contributed by atoms with Gasteiger partial charge < -0.3 is 19.7 Å². The summed E-state index contributed by atoms with van der Waals surface area (Å²) in [5.74, 6) is 2.83. The minimum absolute atomic E-state index is 0.424. The molecule has 2 aromatic rings.